The summed E-state index contributed by atoms with van der Waals surface area (Å²) in [5, 5.41) is 17.9. The van der Waals surface area contributed by atoms with E-state index in [9.17, 15) is 18.4 Å². The summed E-state index contributed by atoms with van der Waals surface area (Å²) in [6.07, 6.45) is 0. The molecule has 1 rings (SSSR count). The highest BCUT2D eigenvalue weighted by Gasteiger charge is 2.27. The minimum absolute atomic E-state index is 0.247. The number of carboxylic acid groups (broad SMARTS) is 2. The van der Waals surface area contributed by atoms with Gasteiger partial charge in [-0.05, 0) is 19.1 Å². The van der Waals surface area contributed by atoms with Gasteiger partial charge in [0.2, 0.25) is 0 Å². The molecule has 0 radical (unpaired) electrons. The topological polar surface area (TPSA) is 77.8 Å². The first-order valence-electron chi connectivity index (χ1n) is 5.91. The normalized spacial score (nSPS) is 13.6. The molecule has 1 aromatic carbocycles. The Labute approximate surface area is 114 Å². The molecule has 0 spiro atoms. The Hall–Kier alpha value is -2.18. The zero-order valence-corrected chi connectivity index (χ0v) is 11.0. The van der Waals surface area contributed by atoms with Crippen LogP contribution in [0.1, 0.15) is 13.8 Å². The highest BCUT2D eigenvalue weighted by molar-refractivity contribution is 5.78. The Balaban J connectivity index is 3.19. The first-order valence-corrected chi connectivity index (χ1v) is 5.91. The lowest BCUT2D eigenvalue weighted by Gasteiger charge is -2.30. The molecule has 0 heterocycles. The predicted molar refractivity (Wildman–Crippen MR) is 67.6 cm³/mol. The second kappa shape index (κ2) is 6.31. The van der Waals surface area contributed by atoms with Gasteiger partial charge in [0.1, 0.15) is 17.7 Å². The molecular formula is C13H15F2NO4. The lowest BCUT2D eigenvalue weighted by molar-refractivity contribution is -0.142. The Bertz CT molecular complexity index is 521. The summed E-state index contributed by atoms with van der Waals surface area (Å²) in [5.74, 6) is -4.88. The second-order valence-corrected chi connectivity index (χ2v) is 4.50. The minimum atomic E-state index is -1.26. The van der Waals surface area contributed by atoms with Crippen molar-refractivity contribution >= 4 is 17.6 Å². The van der Waals surface area contributed by atoms with Gasteiger partial charge in [-0.3, -0.25) is 4.79 Å². The average Bonchev–Trinajstić information content (AvgIpc) is 2.37. The zero-order chi connectivity index (χ0) is 15.4. The number of halogens is 2. The van der Waals surface area contributed by atoms with Crippen molar-refractivity contribution in [2.75, 3.05) is 11.4 Å². The molecule has 2 atom stereocenters. The number of rotatable bonds is 6. The van der Waals surface area contributed by atoms with Crippen LogP contribution >= 0.6 is 0 Å². The van der Waals surface area contributed by atoms with Crippen LogP contribution in [0.5, 0.6) is 0 Å². The van der Waals surface area contributed by atoms with E-state index in [1.54, 1.807) is 0 Å². The van der Waals surface area contributed by atoms with Crippen molar-refractivity contribution in [2.24, 2.45) is 5.92 Å². The van der Waals surface area contributed by atoms with Gasteiger partial charge in [0.25, 0.3) is 0 Å². The van der Waals surface area contributed by atoms with E-state index in [2.05, 4.69) is 0 Å². The minimum Gasteiger partial charge on any atom is -0.481 e. The molecule has 0 aliphatic heterocycles. The number of hydrogen-bond donors (Lipinski definition) is 2. The van der Waals surface area contributed by atoms with Gasteiger partial charge < -0.3 is 15.1 Å². The fourth-order valence-corrected chi connectivity index (χ4v) is 1.68. The molecule has 20 heavy (non-hydrogen) atoms. The summed E-state index contributed by atoms with van der Waals surface area (Å²) in [6, 6.07) is 1.44. The van der Waals surface area contributed by atoms with E-state index >= 15 is 0 Å². The molecule has 0 aromatic heterocycles. The quantitative estimate of drug-likeness (QED) is 0.836. The number of benzene rings is 1. The number of carboxylic acids is 2. The maximum Gasteiger partial charge on any atom is 0.326 e. The lowest BCUT2D eigenvalue weighted by Crippen LogP contribution is -2.43. The van der Waals surface area contributed by atoms with E-state index in [4.69, 9.17) is 10.2 Å². The molecule has 1 aromatic rings. The largest absolute Gasteiger partial charge is 0.481 e. The number of anilines is 1. The van der Waals surface area contributed by atoms with Crippen molar-refractivity contribution < 1.29 is 28.6 Å². The summed E-state index contributed by atoms with van der Waals surface area (Å²) >= 11 is 0. The van der Waals surface area contributed by atoms with E-state index in [0.29, 0.717) is 0 Å². The Morgan fingerprint density at radius 3 is 2.30 bits per heavy atom. The van der Waals surface area contributed by atoms with E-state index in [-0.39, 0.29) is 12.2 Å². The summed E-state index contributed by atoms with van der Waals surface area (Å²) < 4.78 is 27.0. The molecule has 0 bridgehead atoms. The molecule has 110 valence electrons. The fourth-order valence-electron chi connectivity index (χ4n) is 1.68. The highest BCUT2D eigenvalue weighted by Crippen LogP contribution is 2.24. The van der Waals surface area contributed by atoms with Gasteiger partial charge in [0.05, 0.1) is 11.6 Å². The van der Waals surface area contributed by atoms with Gasteiger partial charge in [0, 0.05) is 12.6 Å². The van der Waals surface area contributed by atoms with Crippen molar-refractivity contribution in [3.8, 4) is 0 Å². The van der Waals surface area contributed by atoms with Crippen molar-refractivity contribution in [1.29, 1.82) is 0 Å². The van der Waals surface area contributed by atoms with Crippen LogP contribution in [0.4, 0.5) is 14.5 Å². The van der Waals surface area contributed by atoms with Crippen molar-refractivity contribution in [1.82, 2.24) is 0 Å². The van der Waals surface area contributed by atoms with Crippen LogP contribution in [0.3, 0.4) is 0 Å². The molecule has 2 unspecified atom stereocenters. The maximum atomic E-state index is 13.7. The van der Waals surface area contributed by atoms with Gasteiger partial charge in [-0.15, -0.1) is 0 Å². The fraction of sp³-hybridized carbons (Fsp3) is 0.385. The standard InChI is InChI=1S/C13H15F2NO4/c1-7(12(17)18)6-16(8(2)13(19)20)11-5-9(14)3-4-10(11)15/h3-5,7-8H,6H2,1-2H3,(H,17,18)(H,19,20). The van der Waals surface area contributed by atoms with E-state index in [0.717, 1.165) is 23.1 Å². The van der Waals surface area contributed by atoms with Crippen molar-refractivity contribution in [3.05, 3.63) is 29.8 Å². The van der Waals surface area contributed by atoms with Crippen LogP contribution in [-0.2, 0) is 9.59 Å². The summed E-state index contributed by atoms with van der Waals surface area (Å²) in [6.45, 7) is 2.39. The molecule has 0 aliphatic rings. The summed E-state index contributed by atoms with van der Waals surface area (Å²) in [5.41, 5.74) is -0.270. The van der Waals surface area contributed by atoms with Gasteiger partial charge in [-0.25, -0.2) is 13.6 Å². The third-order valence-corrected chi connectivity index (χ3v) is 2.93. The Kier molecular flexibility index (Phi) is 5.01. The lowest BCUT2D eigenvalue weighted by atomic mass is 10.1. The predicted octanol–water partition coefficient (Wildman–Crippen LogP) is 1.96. The third kappa shape index (κ3) is 3.66. The van der Waals surface area contributed by atoms with Crippen LogP contribution in [0.2, 0.25) is 0 Å². The summed E-state index contributed by atoms with van der Waals surface area (Å²) in [4.78, 5) is 23.0. The van der Waals surface area contributed by atoms with Gasteiger partial charge in [-0.2, -0.15) is 0 Å². The molecule has 0 saturated heterocycles. The second-order valence-electron chi connectivity index (χ2n) is 4.50. The van der Waals surface area contributed by atoms with Gasteiger partial charge in [-0.1, -0.05) is 6.92 Å². The van der Waals surface area contributed by atoms with Crippen LogP contribution in [0.15, 0.2) is 18.2 Å². The SMILES string of the molecule is CC(CN(c1cc(F)ccc1F)C(C)C(=O)O)C(=O)O. The Morgan fingerprint density at radius 1 is 1.20 bits per heavy atom. The van der Waals surface area contributed by atoms with Crippen LogP contribution in [-0.4, -0.2) is 34.7 Å². The molecule has 2 N–H and O–H groups in total. The maximum absolute atomic E-state index is 13.7. The summed E-state index contributed by atoms with van der Waals surface area (Å²) in [7, 11) is 0. The first kappa shape index (κ1) is 15.9. The highest BCUT2D eigenvalue weighted by atomic mass is 19.1. The Morgan fingerprint density at radius 2 is 1.80 bits per heavy atom. The molecule has 0 fully saturated rings. The molecular weight excluding hydrogens is 272 g/mol. The number of nitrogens with zero attached hydrogens (tertiary/aromatic N) is 1. The molecule has 0 amide bonds. The molecule has 0 saturated carbocycles. The third-order valence-electron chi connectivity index (χ3n) is 2.93. The van der Waals surface area contributed by atoms with Gasteiger partial charge in [0.15, 0.2) is 0 Å². The zero-order valence-electron chi connectivity index (χ0n) is 11.0. The average molecular weight is 287 g/mol. The smallest absolute Gasteiger partial charge is 0.326 e. The van der Waals surface area contributed by atoms with Crippen LogP contribution in [0.25, 0.3) is 0 Å². The first-order chi connectivity index (χ1) is 9.23. The van der Waals surface area contributed by atoms with Crippen molar-refractivity contribution in [3.63, 3.8) is 0 Å². The molecule has 5 nitrogen and oxygen atoms in total. The van der Waals surface area contributed by atoms with Crippen LogP contribution < -0.4 is 4.90 Å². The van der Waals surface area contributed by atoms with E-state index in [1.807, 2.05) is 0 Å². The molecule has 0 aliphatic carbocycles. The van der Waals surface area contributed by atoms with E-state index in [1.165, 1.54) is 13.8 Å². The number of aliphatic carboxylic acids is 2. The number of carbonyl (C=O) groups is 2. The monoisotopic (exact) mass is 287 g/mol. The van der Waals surface area contributed by atoms with Gasteiger partial charge >= 0.3 is 11.9 Å². The van der Waals surface area contributed by atoms with E-state index < -0.39 is 35.5 Å². The van der Waals surface area contributed by atoms with Crippen molar-refractivity contribution in [2.45, 2.75) is 19.9 Å². The molecule has 7 heteroatoms. The number of hydrogen-bond acceptors (Lipinski definition) is 3. The van der Waals surface area contributed by atoms with Crippen LogP contribution in [0, 0.1) is 17.6 Å².